The molecule has 1 saturated heterocycles. The van der Waals surface area contributed by atoms with E-state index in [9.17, 15) is 19.8 Å². The number of likely N-dealkylation sites (tertiary alicyclic amines) is 1. The van der Waals surface area contributed by atoms with E-state index >= 15 is 0 Å². The van der Waals surface area contributed by atoms with E-state index in [2.05, 4.69) is 23.6 Å². The average Bonchev–Trinajstić information content (AvgIpc) is 3.70. The number of carbonyl (C=O) groups is 2. The number of carbonyl (C=O) groups excluding carboxylic acids is 1. The number of hydrazine groups is 1. The molecule has 3 fully saturated rings. The van der Waals surface area contributed by atoms with Crippen molar-refractivity contribution in [2.24, 2.45) is 5.41 Å². The number of fused-ring (bicyclic) bond motifs is 1. The lowest BCUT2D eigenvalue weighted by Crippen LogP contribution is -2.47. The van der Waals surface area contributed by atoms with Gasteiger partial charge in [0.25, 0.3) is 5.91 Å². The lowest BCUT2D eigenvalue weighted by Gasteiger charge is -2.36. The number of aliphatic hydroxyl groups is 1. The summed E-state index contributed by atoms with van der Waals surface area (Å²) in [6, 6.07) is 14.4. The molecular weight excluding hydrogens is 418 g/mol. The predicted octanol–water partition coefficient (Wildman–Crippen LogP) is 2.67. The van der Waals surface area contributed by atoms with Gasteiger partial charge in [-0.05, 0) is 65.8 Å². The van der Waals surface area contributed by atoms with Gasteiger partial charge in [-0.3, -0.25) is 9.59 Å². The summed E-state index contributed by atoms with van der Waals surface area (Å²) in [6.45, 7) is 1.87. The smallest absolute Gasteiger partial charge is 0.314 e. The molecular formula is C26H29N3O4. The first-order valence-corrected chi connectivity index (χ1v) is 11.7. The van der Waals surface area contributed by atoms with Crippen LogP contribution >= 0.6 is 0 Å². The summed E-state index contributed by atoms with van der Waals surface area (Å²) in [5.41, 5.74) is 6.38. The van der Waals surface area contributed by atoms with Crippen molar-refractivity contribution in [2.75, 3.05) is 25.1 Å². The Bertz CT molecular complexity index is 1150. The van der Waals surface area contributed by atoms with Gasteiger partial charge in [-0.2, -0.15) is 0 Å². The predicted molar refractivity (Wildman–Crippen MR) is 123 cm³/mol. The first-order valence-electron chi connectivity index (χ1n) is 11.7. The van der Waals surface area contributed by atoms with Crippen molar-refractivity contribution < 1.29 is 19.8 Å². The number of hydrogen-bond donors (Lipinski definition) is 3. The number of anilines is 1. The number of benzene rings is 2. The standard InChI is InChI=1S/C26H29N3O4/c1-28-21-14-18(2-3-19(21)15-27-28)17-4-6-20(7-5-17)26(23(31)32)16-24(26)10-12-29(13-11-24)22(30)25(33)8-9-25/h2-7,14,27,33H,8-13,15-16H2,1H3,(H,31,32)/t26-/m0/s1. The van der Waals surface area contributed by atoms with Gasteiger partial charge in [0, 0.05) is 26.7 Å². The monoisotopic (exact) mass is 447 g/mol. The van der Waals surface area contributed by atoms with Crippen molar-refractivity contribution in [1.29, 1.82) is 0 Å². The third kappa shape index (κ3) is 2.95. The molecule has 2 heterocycles. The first-order chi connectivity index (χ1) is 15.8. The number of rotatable bonds is 4. The minimum absolute atomic E-state index is 0.182. The highest BCUT2D eigenvalue weighted by atomic mass is 16.4. The number of carboxylic acid groups (broad SMARTS) is 1. The summed E-state index contributed by atoms with van der Waals surface area (Å²) in [4.78, 5) is 26.8. The van der Waals surface area contributed by atoms with Crippen molar-refractivity contribution in [2.45, 2.75) is 49.7 Å². The van der Waals surface area contributed by atoms with Gasteiger partial charge in [0.2, 0.25) is 0 Å². The maximum atomic E-state index is 12.5. The fourth-order valence-corrected chi connectivity index (χ4v) is 6.11. The minimum atomic E-state index is -1.16. The number of hydrogen-bond acceptors (Lipinski definition) is 5. The molecule has 33 heavy (non-hydrogen) atoms. The summed E-state index contributed by atoms with van der Waals surface area (Å²) in [5, 5.41) is 22.5. The van der Waals surface area contributed by atoms with E-state index in [0.29, 0.717) is 45.2 Å². The zero-order valence-corrected chi connectivity index (χ0v) is 18.8. The van der Waals surface area contributed by atoms with Crippen LogP contribution in [0.4, 0.5) is 5.69 Å². The van der Waals surface area contributed by atoms with E-state index < -0.39 is 17.0 Å². The van der Waals surface area contributed by atoms with Gasteiger partial charge in [-0.15, -0.1) is 0 Å². The van der Waals surface area contributed by atoms with Crippen LogP contribution in [0.2, 0.25) is 0 Å². The molecule has 2 aromatic rings. The molecule has 0 radical (unpaired) electrons. The van der Waals surface area contributed by atoms with Crippen LogP contribution in [0.5, 0.6) is 0 Å². The Morgan fingerprint density at radius 2 is 1.64 bits per heavy atom. The summed E-state index contributed by atoms with van der Waals surface area (Å²) in [6.07, 6.45) is 3.00. The van der Waals surface area contributed by atoms with E-state index in [0.717, 1.165) is 28.9 Å². The van der Waals surface area contributed by atoms with Crippen molar-refractivity contribution in [3.8, 4) is 11.1 Å². The van der Waals surface area contributed by atoms with Gasteiger partial charge in [0.1, 0.15) is 5.60 Å². The van der Waals surface area contributed by atoms with E-state index in [1.165, 1.54) is 5.56 Å². The highest BCUT2D eigenvalue weighted by molar-refractivity contribution is 5.89. The van der Waals surface area contributed by atoms with Gasteiger partial charge in [-0.1, -0.05) is 36.4 Å². The third-order valence-corrected chi connectivity index (χ3v) is 8.54. The number of aliphatic carboxylic acids is 1. The van der Waals surface area contributed by atoms with Crippen LogP contribution in [0.15, 0.2) is 42.5 Å². The molecule has 2 aromatic carbocycles. The van der Waals surface area contributed by atoms with Gasteiger partial charge < -0.3 is 20.1 Å². The number of carboxylic acids is 1. The number of nitrogens with one attached hydrogen (secondary N) is 1. The maximum Gasteiger partial charge on any atom is 0.314 e. The van der Waals surface area contributed by atoms with Crippen molar-refractivity contribution in [3.63, 3.8) is 0 Å². The van der Waals surface area contributed by atoms with Crippen LogP contribution in [-0.2, 0) is 21.5 Å². The van der Waals surface area contributed by atoms with E-state index in [-0.39, 0.29) is 11.3 Å². The SMILES string of the molecule is CN1NCc2ccc(-c3ccc([C@]4(C(=O)O)CC45CCN(C(=O)C4(O)CC4)CC5)cc3)cc21. The Hall–Kier alpha value is -2.90. The second-order valence-corrected chi connectivity index (χ2v) is 10.3. The van der Waals surface area contributed by atoms with Crippen LogP contribution in [0, 0.1) is 5.41 Å². The summed E-state index contributed by atoms with van der Waals surface area (Å²) >= 11 is 0. The van der Waals surface area contributed by atoms with E-state index in [4.69, 9.17) is 0 Å². The Balaban J connectivity index is 1.23. The molecule has 2 aliphatic carbocycles. The zero-order valence-electron chi connectivity index (χ0n) is 18.8. The second kappa shape index (κ2) is 6.81. The van der Waals surface area contributed by atoms with Crippen LogP contribution in [0.3, 0.4) is 0 Å². The highest BCUT2D eigenvalue weighted by Crippen LogP contribution is 2.70. The molecule has 2 saturated carbocycles. The number of amides is 1. The molecule has 3 N–H and O–H groups in total. The molecule has 7 nitrogen and oxygen atoms in total. The first kappa shape index (κ1) is 20.7. The molecule has 0 bridgehead atoms. The average molecular weight is 448 g/mol. The molecule has 172 valence electrons. The molecule has 7 heteroatoms. The van der Waals surface area contributed by atoms with Crippen molar-refractivity contribution in [1.82, 2.24) is 10.3 Å². The Kier molecular flexibility index (Phi) is 4.27. The second-order valence-electron chi connectivity index (χ2n) is 10.3. The molecule has 1 atom stereocenters. The van der Waals surface area contributed by atoms with Crippen LogP contribution in [0.25, 0.3) is 11.1 Å². The van der Waals surface area contributed by atoms with Crippen LogP contribution in [-0.4, -0.2) is 52.7 Å². The Morgan fingerprint density at radius 1 is 0.970 bits per heavy atom. The fraction of sp³-hybridized carbons (Fsp3) is 0.462. The van der Waals surface area contributed by atoms with Crippen LogP contribution in [0.1, 0.15) is 43.2 Å². The van der Waals surface area contributed by atoms with Gasteiger partial charge in [0.05, 0.1) is 11.1 Å². The zero-order chi connectivity index (χ0) is 23.0. The molecule has 6 rings (SSSR count). The highest BCUT2D eigenvalue weighted by Gasteiger charge is 2.73. The third-order valence-electron chi connectivity index (χ3n) is 8.54. The Labute approximate surface area is 193 Å². The van der Waals surface area contributed by atoms with Gasteiger partial charge in [0.15, 0.2) is 0 Å². The summed E-state index contributed by atoms with van der Waals surface area (Å²) in [7, 11) is 2.01. The largest absolute Gasteiger partial charge is 0.481 e. The van der Waals surface area contributed by atoms with E-state index in [1.54, 1.807) is 4.90 Å². The summed E-state index contributed by atoms with van der Waals surface area (Å²) < 4.78 is 0. The minimum Gasteiger partial charge on any atom is -0.481 e. The Morgan fingerprint density at radius 3 is 2.27 bits per heavy atom. The maximum absolute atomic E-state index is 12.5. The quantitative estimate of drug-likeness (QED) is 0.667. The molecule has 0 unspecified atom stereocenters. The van der Waals surface area contributed by atoms with E-state index in [1.807, 2.05) is 36.3 Å². The van der Waals surface area contributed by atoms with Crippen LogP contribution < -0.4 is 10.4 Å². The van der Waals surface area contributed by atoms with Gasteiger partial charge in [-0.25, -0.2) is 5.43 Å². The van der Waals surface area contributed by atoms with Crippen molar-refractivity contribution >= 4 is 17.6 Å². The normalized spacial score (nSPS) is 26.2. The lowest BCUT2D eigenvalue weighted by atomic mass is 9.79. The molecule has 0 aromatic heterocycles. The summed E-state index contributed by atoms with van der Waals surface area (Å²) in [5.74, 6) is -0.959. The van der Waals surface area contributed by atoms with Crippen molar-refractivity contribution in [3.05, 3.63) is 53.6 Å². The number of piperidine rings is 1. The van der Waals surface area contributed by atoms with Gasteiger partial charge >= 0.3 is 5.97 Å². The number of nitrogens with zero attached hydrogens (tertiary/aromatic N) is 2. The molecule has 4 aliphatic rings. The molecule has 2 aliphatic heterocycles. The molecule has 1 amide bonds. The molecule has 1 spiro atoms. The lowest BCUT2D eigenvalue weighted by molar-refractivity contribution is -0.145. The topological polar surface area (TPSA) is 93.1 Å². The fourth-order valence-electron chi connectivity index (χ4n) is 6.11.